The molecule has 3 rings (SSSR count). The molecule has 0 saturated carbocycles. The Morgan fingerprint density at radius 1 is 1.07 bits per heavy atom. The van der Waals surface area contributed by atoms with E-state index in [4.69, 9.17) is 0 Å². The van der Waals surface area contributed by atoms with Gasteiger partial charge in [-0.1, -0.05) is 12.1 Å². The van der Waals surface area contributed by atoms with Crippen molar-refractivity contribution in [2.45, 2.75) is 25.2 Å². The standard InChI is InChI=1S/C19H18F2N2O2S2/c1-12-10-16(21)6-7-18(12)27(24,25)22-9-8-17-13(2)23-19(26-17)14-4-3-5-15(20)11-14/h3-7,10-11,22H,8-9H2,1-2H3. The maximum Gasteiger partial charge on any atom is 0.240 e. The quantitative estimate of drug-likeness (QED) is 0.664. The van der Waals surface area contributed by atoms with Crippen LogP contribution in [0.5, 0.6) is 0 Å². The molecular formula is C19H18F2N2O2S2. The van der Waals surface area contributed by atoms with E-state index in [1.165, 1.54) is 35.6 Å². The van der Waals surface area contributed by atoms with E-state index in [1.54, 1.807) is 19.1 Å². The smallest absolute Gasteiger partial charge is 0.240 e. The van der Waals surface area contributed by atoms with Crippen LogP contribution in [0.4, 0.5) is 8.78 Å². The molecule has 3 aromatic rings. The highest BCUT2D eigenvalue weighted by Gasteiger charge is 2.17. The van der Waals surface area contributed by atoms with Crippen LogP contribution in [0.2, 0.25) is 0 Å². The second-order valence-corrected chi connectivity index (χ2v) is 8.91. The maximum absolute atomic E-state index is 13.4. The van der Waals surface area contributed by atoms with E-state index in [0.717, 1.165) is 16.6 Å². The van der Waals surface area contributed by atoms with Crippen LogP contribution in [0.25, 0.3) is 10.6 Å². The van der Waals surface area contributed by atoms with E-state index in [-0.39, 0.29) is 17.3 Å². The number of rotatable bonds is 6. The molecule has 1 aromatic heterocycles. The minimum Gasteiger partial charge on any atom is -0.241 e. The van der Waals surface area contributed by atoms with Crippen LogP contribution < -0.4 is 4.72 Å². The molecule has 0 spiro atoms. The second-order valence-electron chi connectivity index (χ2n) is 6.10. The molecule has 0 aliphatic rings. The molecule has 142 valence electrons. The van der Waals surface area contributed by atoms with E-state index >= 15 is 0 Å². The Kier molecular flexibility index (Phi) is 5.69. The van der Waals surface area contributed by atoms with Gasteiger partial charge < -0.3 is 0 Å². The van der Waals surface area contributed by atoms with E-state index in [2.05, 4.69) is 9.71 Å². The summed E-state index contributed by atoms with van der Waals surface area (Å²) in [4.78, 5) is 5.44. The van der Waals surface area contributed by atoms with Gasteiger partial charge in [0.1, 0.15) is 16.6 Å². The van der Waals surface area contributed by atoms with E-state index in [1.807, 2.05) is 6.92 Å². The van der Waals surface area contributed by atoms with Crippen LogP contribution in [0.1, 0.15) is 16.1 Å². The van der Waals surface area contributed by atoms with E-state index in [9.17, 15) is 17.2 Å². The van der Waals surface area contributed by atoms with Gasteiger partial charge in [0.15, 0.2) is 0 Å². The van der Waals surface area contributed by atoms with Gasteiger partial charge in [-0.2, -0.15) is 0 Å². The number of benzene rings is 2. The van der Waals surface area contributed by atoms with Crippen molar-refractivity contribution in [2.75, 3.05) is 6.54 Å². The molecule has 27 heavy (non-hydrogen) atoms. The number of nitrogens with one attached hydrogen (secondary N) is 1. The number of halogens is 2. The first-order chi connectivity index (χ1) is 12.8. The van der Waals surface area contributed by atoms with Crippen LogP contribution in [0.3, 0.4) is 0 Å². The Morgan fingerprint density at radius 2 is 1.81 bits per heavy atom. The zero-order valence-electron chi connectivity index (χ0n) is 14.8. The molecule has 0 radical (unpaired) electrons. The summed E-state index contributed by atoms with van der Waals surface area (Å²) in [5, 5.41) is 0.694. The molecule has 0 aliphatic carbocycles. The molecule has 0 aliphatic heterocycles. The van der Waals surface area contributed by atoms with Gasteiger partial charge >= 0.3 is 0 Å². The third-order valence-corrected chi connectivity index (χ3v) is 6.92. The molecular weight excluding hydrogens is 390 g/mol. The minimum atomic E-state index is -3.72. The normalized spacial score (nSPS) is 11.7. The highest BCUT2D eigenvalue weighted by molar-refractivity contribution is 7.89. The maximum atomic E-state index is 13.4. The number of hydrogen-bond donors (Lipinski definition) is 1. The van der Waals surface area contributed by atoms with Gasteiger partial charge in [0.25, 0.3) is 0 Å². The van der Waals surface area contributed by atoms with Crippen molar-refractivity contribution >= 4 is 21.4 Å². The van der Waals surface area contributed by atoms with Gasteiger partial charge in [0, 0.05) is 17.0 Å². The Bertz CT molecular complexity index is 1080. The number of nitrogens with zero attached hydrogens (tertiary/aromatic N) is 1. The van der Waals surface area contributed by atoms with Crippen molar-refractivity contribution in [3.63, 3.8) is 0 Å². The van der Waals surface area contributed by atoms with Gasteiger partial charge in [0.05, 0.1) is 10.6 Å². The molecule has 0 saturated heterocycles. The molecule has 0 atom stereocenters. The summed E-state index contributed by atoms with van der Waals surface area (Å²) in [7, 11) is -3.72. The summed E-state index contributed by atoms with van der Waals surface area (Å²) in [6, 6.07) is 9.77. The fourth-order valence-electron chi connectivity index (χ4n) is 2.70. The van der Waals surface area contributed by atoms with Gasteiger partial charge in [-0.3, -0.25) is 0 Å². The average Bonchev–Trinajstić information content (AvgIpc) is 2.95. The van der Waals surface area contributed by atoms with Crippen LogP contribution in [-0.2, 0) is 16.4 Å². The topological polar surface area (TPSA) is 59.1 Å². The first kappa shape index (κ1) is 19.6. The fraction of sp³-hybridized carbons (Fsp3) is 0.211. The van der Waals surface area contributed by atoms with Crippen LogP contribution in [0.15, 0.2) is 47.4 Å². The lowest BCUT2D eigenvalue weighted by atomic mass is 10.2. The SMILES string of the molecule is Cc1cc(F)ccc1S(=O)(=O)NCCc1sc(-c2cccc(F)c2)nc1C. The zero-order chi connectivity index (χ0) is 19.6. The number of thiazole rings is 1. The van der Waals surface area contributed by atoms with Gasteiger partial charge in [-0.05, 0) is 56.2 Å². The van der Waals surface area contributed by atoms with Crippen LogP contribution in [0, 0.1) is 25.5 Å². The molecule has 8 heteroatoms. The number of hydrogen-bond acceptors (Lipinski definition) is 4. The molecule has 1 heterocycles. The minimum absolute atomic E-state index is 0.0605. The van der Waals surface area contributed by atoms with E-state index in [0.29, 0.717) is 22.6 Å². The van der Waals surface area contributed by atoms with Crippen molar-refractivity contribution in [2.24, 2.45) is 0 Å². The number of aryl methyl sites for hydroxylation is 2. The second kappa shape index (κ2) is 7.84. The predicted molar refractivity (Wildman–Crippen MR) is 102 cm³/mol. The molecule has 2 aromatic carbocycles. The summed E-state index contributed by atoms with van der Waals surface area (Å²) in [6.07, 6.45) is 0.457. The summed E-state index contributed by atoms with van der Waals surface area (Å²) in [6.45, 7) is 3.58. The molecule has 0 fully saturated rings. The monoisotopic (exact) mass is 408 g/mol. The lowest BCUT2D eigenvalue weighted by Gasteiger charge is -2.09. The molecule has 4 nitrogen and oxygen atoms in total. The summed E-state index contributed by atoms with van der Waals surface area (Å²) in [5.41, 5.74) is 1.83. The largest absolute Gasteiger partial charge is 0.241 e. The van der Waals surface area contributed by atoms with Gasteiger partial charge in [-0.15, -0.1) is 11.3 Å². The van der Waals surface area contributed by atoms with Crippen molar-refractivity contribution in [1.82, 2.24) is 9.71 Å². The summed E-state index contributed by atoms with van der Waals surface area (Å²) < 4.78 is 53.9. The molecule has 0 unspecified atom stereocenters. The lowest BCUT2D eigenvalue weighted by Crippen LogP contribution is -2.26. The highest BCUT2D eigenvalue weighted by atomic mass is 32.2. The average molecular weight is 408 g/mol. The van der Waals surface area contributed by atoms with Crippen molar-refractivity contribution in [3.8, 4) is 10.6 Å². The summed E-state index contributed by atoms with van der Waals surface area (Å²) in [5.74, 6) is -0.805. The third kappa shape index (κ3) is 4.58. The van der Waals surface area contributed by atoms with Crippen molar-refractivity contribution < 1.29 is 17.2 Å². The molecule has 1 N–H and O–H groups in total. The number of sulfonamides is 1. The van der Waals surface area contributed by atoms with Gasteiger partial charge in [-0.25, -0.2) is 26.9 Å². The third-order valence-electron chi connectivity index (χ3n) is 4.03. The predicted octanol–water partition coefficient (Wildman–Crippen LogP) is 4.23. The van der Waals surface area contributed by atoms with Crippen LogP contribution in [-0.4, -0.2) is 19.9 Å². The summed E-state index contributed by atoms with van der Waals surface area (Å²) >= 11 is 1.41. The van der Waals surface area contributed by atoms with Gasteiger partial charge in [0.2, 0.25) is 10.0 Å². The fourth-order valence-corrected chi connectivity index (χ4v) is 5.01. The first-order valence-electron chi connectivity index (χ1n) is 8.24. The Labute approximate surface area is 161 Å². The Hall–Kier alpha value is -2.16. The highest BCUT2D eigenvalue weighted by Crippen LogP contribution is 2.28. The molecule has 0 amide bonds. The zero-order valence-corrected chi connectivity index (χ0v) is 16.4. The first-order valence-corrected chi connectivity index (χ1v) is 10.5. The van der Waals surface area contributed by atoms with E-state index < -0.39 is 15.8 Å². The van der Waals surface area contributed by atoms with Crippen molar-refractivity contribution in [1.29, 1.82) is 0 Å². The Balaban J connectivity index is 1.70. The lowest BCUT2D eigenvalue weighted by molar-refractivity contribution is 0.580. The molecule has 0 bridgehead atoms. The Morgan fingerprint density at radius 3 is 2.52 bits per heavy atom. The number of aromatic nitrogens is 1. The van der Waals surface area contributed by atoms with Crippen LogP contribution >= 0.6 is 11.3 Å². The van der Waals surface area contributed by atoms with Crippen molar-refractivity contribution in [3.05, 3.63) is 70.2 Å².